The predicted octanol–water partition coefficient (Wildman–Crippen LogP) is 1.28. The Morgan fingerprint density at radius 3 is 3.07 bits per heavy atom. The van der Waals surface area contributed by atoms with E-state index in [1.165, 1.54) is 12.3 Å². The molecule has 1 aliphatic rings. The van der Waals surface area contributed by atoms with Crippen LogP contribution in [0.1, 0.15) is 16.1 Å². The average molecular weight is 202 g/mol. The van der Waals surface area contributed by atoms with Gasteiger partial charge in [0.1, 0.15) is 0 Å². The molecule has 0 fully saturated rings. The minimum atomic E-state index is -0.939. The van der Waals surface area contributed by atoms with E-state index in [2.05, 4.69) is 10.3 Å². The third-order valence-corrected chi connectivity index (χ3v) is 2.09. The van der Waals surface area contributed by atoms with Gasteiger partial charge in [-0.3, -0.25) is 4.98 Å². The number of carboxylic acid groups (broad SMARTS) is 1. The molecular formula is C11H10N2O2. The number of hydrogen-bond acceptors (Lipinski definition) is 3. The SMILES string of the molecule is O=C(O)c1ccnc(C2=CC=CCN2)c1. The Hall–Kier alpha value is -2.10. The summed E-state index contributed by atoms with van der Waals surface area (Å²) in [5.41, 5.74) is 1.75. The van der Waals surface area contributed by atoms with Gasteiger partial charge in [0.05, 0.1) is 17.0 Å². The van der Waals surface area contributed by atoms with E-state index in [-0.39, 0.29) is 5.56 Å². The van der Waals surface area contributed by atoms with E-state index in [0.29, 0.717) is 5.69 Å². The minimum absolute atomic E-state index is 0.247. The molecule has 4 heteroatoms. The molecule has 0 spiro atoms. The highest BCUT2D eigenvalue weighted by molar-refractivity contribution is 5.88. The van der Waals surface area contributed by atoms with Gasteiger partial charge in [-0.05, 0) is 18.2 Å². The van der Waals surface area contributed by atoms with Crippen LogP contribution in [-0.2, 0) is 0 Å². The molecule has 0 aliphatic carbocycles. The second-order valence-electron chi connectivity index (χ2n) is 3.12. The number of allylic oxidation sites excluding steroid dienone is 2. The molecule has 2 rings (SSSR count). The van der Waals surface area contributed by atoms with Gasteiger partial charge in [-0.15, -0.1) is 0 Å². The van der Waals surface area contributed by atoms with Crippen LogP contribution < -0.4 is 5.32 Å². The van der Waals surface area contributed by atoms with Gasteiger partial charge in [0.15, 0.2) is 0 Å². The number of hydrogen-bond donors (Lipinski definition) is 2. The standard InChI is InChI=1S/C11H10N2O2/c14-11(15)8-4-6-13-10(7-8)9-3-1-2-5-12-9/h1-4,6-7,12H,5H2,(H,14,15). The molecule has 15 heavy (non-hydrogen) atoms. The number of aromatic carboxylic acids is 1. The van der Waals surface area contributed by atoms with Crippen LogP contribution in [0.5, 0.6) is 0 Å². The van der Waals surface area contributed by atoms with E-state index in [9.17, 15) is 4.79 Å². The fraction of sp³-hybridized carbons (Fsp3) is 0.0909. The molecule has 1 aliphatic heterocycles. The van der Waals surface area contributed by atoms with Gasteiger partial charge in [-0.1, -0.05) is 12.2 Å². The molecule has 1 aromatic rings. The zero-order valence-corrected chi connectivity index (χ0v) is 7.97. The number of rotatable bonds is 2. The van der Waals surface area contributed by atoms with Crippen molar-refractivity contribution in [1.29, 1.82) is 0 Å². The van der Waals surface area contributed by atoms with Gasteiger partial charge < -0.3 is 10.4 Å². The van der Waals surface area contributed by atoms with Gasteiger partial charge in [0, 0.05) is 12.7 Å². The number of pyridine rings is 1. The fourth-order valence-electron chi connectivity index (χ4n) is 1.35. The Kier molecular flexibility index (Phi) is 2.49. The lowest BCUT2D eigenvalue weighted by Gasteiger charge is -2.11. The van der Waals surface area contributed by atoms with E-state index in [4.69, 9.17) is 5.11 Å². The van der Waals surface area contributed by atoms with Crippen molar-refractivity contribution in [3.8, 4) is 0 Å². The van der Waals surface area contributed by atoms with Crippen LogP contribution in [0, 0.1) is 0 Å². The Bertz CT molecular complexity index is 450. The van der Waals surface area contributed by atoms with Gasteiger partial charge in [0.2, 0.25) is 0 Å². The maximum absolute atomic E-state index is 10.8. The highest BCUT2D eigenvalue weighted by atomic mass is 16.4. The first-order valence-electron chi connectivity index (χ1n) is 4.58. The zero-order chi connectivity index (χ0) is 10.7. The summed E-state index contributed by atoms with van der Waals surface area (Å²) in [5, 5.41) is 11.9. The van der Waals surface area contributed by atoms with Gasteiger partial charge in [-0.2, -0.15) is 0 Å². The zero-order valence-electron chi connectivity index (χ0n) is 7.97. The third-order valence-electron chi connectivity index (χ3n) is 2.09. The molecule has 0 radical (unpaired) electrons. The summed E-state index contributed by atoms with van der Waals surface area (Å²) in [4.78, 5) is 14.9. The van der Waals surface area contributed by atoms with Crippen LogP contribution in [0.3, 0.4) is 0 Å². The van der Waals surface area contributed by atoms with E-state index >= 15 is 0 Å². The molecule has 0 saturated carbocycles. The van der Waals surface area contributed by atoms with Crippen molar-refractivity contribution in [2.75, 3.05) is 6.54 Å². The lowest BCUT2D eigenvalue weighted by Crippen LogP contribution is -2.15. The lowest BCUT2D eigenvalue weighted by molar-refractivity contribution is 0.0696. The van der Waals surface area contributed by atoms with E-state index in [1.54, 1.807) is 6.07 Å². The number of dihydropyridines is 1. The van der Waals surface area contributed by atoms with Crippen molar-refractivity contribution in [2.24, 2.45) is 0 Å². The second-order valence-corrected chi connectivity index (χ2v) is 3.12. The van der Waals surface area contributed by atoms with Crippen molar-refractivity contribution in [1.82, 2.24) is 10.3 Å². The van der Waals surface area contributed by atoms with Crippen molar-refractivity contribution in [2.45, 2.75) is 0 Å². The number of carboxylic acids is 1. The smallest absolute Gasteiger partial charge is 0.335 e. The first-order chi connectivity index (χ1) is 7.27. The summed E-state index contributed by atoms with van der Waals surface area (Å²) in [7, 11) is 0. The second kappa shape index (κ2) is 3.96. The summed E-state index contributed by atoms with van der Waals surface area (Å²) in [6.07, 6.45) is 7.27. The average Bonchev–Trinajstić information content (AvgIpc) is 2.30. The van der Waals surface area contributed by atoms with Gasteiger partial charge >= 0.3 is 5.97 Å². The van der Waals surface area contributed by atoms with Crippen LogP contribution in [-0.4, -0.2) is 22.6 Å². The van der Waals surface area contributed by atoms with Crippen LogP contribution in [0.2, 0.25) is 0 Å². The van der Waals surface area contributed by atoms with Gasteiger partial charge in [0.25, 0.3) is 0 Å². The molecule has 0 bridgehead atoms. The normalized spacial score (nSPS) is 14.3. The van der Waals surface area contributed by atoms with Crippen LogP contribution in [0.15, 0.2) is 36.6 Å². The molecule has 0 amide bonds. The molecule has 1 aromatic heterocycles. The van der Waals surface area contributed by atoms with Gasteiger partial charge in [-0.25, -0.2) is 4.79 Å². The molecule has 2 N–H and O–H groups in total. The Morgan fingerprint density at radius 1 is 1.53 bits per heavy atom. The fourth-order valence-corrected chi connectivity index (χ4v) is 1.35. The molecule has 0 unspecified atom stereocenters. The van der Waals surface area contributed by atoms with Crippen LogP contribution in [0.4, 0.5) is 0 Å². The minimum Gasteiger partial charge on any atom is -0.478 e. The molecule has 2 heterocycles. The highest BCUT2D eigenvalue weighted by Crippen LogP contribution is 2.12. The largest absolute Gasteiger partial charge is 0.478 e. The first-order valence-corrected chi connectivity index (χ1v) is 4.58. The first kappa shape index (κ1) is 9.45. The van der Waals surface area contributed by atoms with Crippen LogP contribution >= 0.6 is 0 Å². The maximum Gasteiger partial charge on any atom is 0.335 e. The number of nitrogens with zero attached hydrogens (tertiary/aromatic N) is 1. The van der Waals surface area contributed by atoms with Crippen molar-refractivity contribution < 1.29 is 9.90 Å². The number of aromatic nitrogens is 1. The molecule has 4 nitrogen and oxygen atoms in total. The topological polar surface area (TPSA) is 62.2 Å². The molecule has 76 valence electrons. The Balaban J connectivity index is 2.36. The number of carbonyl (C=O) groups is 1. The highest BCUT2D eigenvalue weighted by Gasteiger charge is 2.07. The Labute approximate surface area is 87.0 Å². The maximum atomic E-state index is 10.8. The van der Waals surface area contributed by atoms with E-state index < -0.39 is 5.97 Å². The van der Waals surface area contributed by atoms with Crippen molar-refractivity contribution >= 4 is 11.7 Å². The monoisotopic (exact) mass is 202 g/mol. The summed E-state index contributed by atoms with van der Waals surface area (Å²) in [6.45, 7) is 0.741. The summed E-state index contributed by atoms with van der Waals surface area (Å²) in [6, 6.07) is 3.03. The molecular weight excluding hydrogens is 192 g/mol. The van der Waals surface area contributed by atoms with E-state index in [0.717, 1.165) is 12.2 Å². The summed E-state index contributed by atoms with van der Waals surface area (Å²) in [5.74, 6) is -0.939. The summed E-state index contributed by atoms with van der Waals surface area (Å²) < 4.78 is 0. The lowest BCUT2D eigenvalue weighted by atomic mass is 10.1. The molecule has 0 saturated heterocycles. The quantitative estimate of drug-likeness (QED) is 0.758. The third kappa shape index (κ3) is 2.04. The van der Waals surface area contributed by atoms with Crippen LogP contribution in [0.25, 0.3) is 5.70 Å². The predicted molar refractivity (Wildman–Crippen MR) is 56.3 cm³/mol. The number of nitrogens with one attached hydrogen (secondary N) is 1. The summed E-state index contributed by atoms with van der Waals surface area (Å²) >= 11 is 0. The molecule has 0 aromatic carbocycles. The molecule has 0 atom stereocenters. The van der Waals surface area contributed by atoms with E-state index in [1.807, 2.05) is 18.2 Å². The Morgan fingerprint density at radius 2 is 2.40 bits per heavy atom. The van der Waals surface area contributed by atoms with Crippen molar-refractivity contribution in [3.05, 3.63) is 47.8 Å². The van der Waals surface area contributed by atoms with Crippen molar-refractivity contribution in [3.63, 3.8) is 0 Å².